The maximum Gasteiger partial charge on any atom is 0.0546 e. The van der Waals surface area contributed by atoms with Gasteiger partial charge in [-0.3, -0.25) is 0 Å². The minimum absolute atomic E-state index is 0.0407. The third-order valence-electron chi connectivity index (χ3n) is 10.0. The Kier molecular flexibility index (Phi) is 5.92. The van der Waals surface area contributed by atoms with Crippen molar-refractivity contribution in [2.45, 2.75) is 19.3 Å². The monoisotopic (exact) mass is 587 g/mol. The molecule has 218 valence electrons. The van der Waals surface area contributed by atoms with Crippen LogP contribution in [0.25, 0.3) is 54.6 Å². The van der Waals surface area contributed by atoms with Crippen LogP contribution < -0.4 is 4.90 Å². The van der Waals surface area contributed by atoms with Crippen LogP contribution in [0.4, 0.5) is 17.1 Å². The van der Waals surface area contributed by atoms with Crippen LogP contribution >= 0.6 is 0 Å². The van der Waals surface area contributed by atoms with Gasteiger partial charge in [-0.1, -0.05) is 141 Å². The van der Waals surface area contributed by atoms with Crippen molar-refractivity contribution >= 4 is 49.4 Å². The number of benzene rings is 8. The summed E-state index contributed by atoms with van der Waals surface area (Å²) in [7, 11) is 0. The maximum absolute atomic E-state index is 2.47. The van der Waals surface area contributed by atoms with Crippen LogP contribution in [0, 0.1) is 0 Å². The average molecular weight is 588 g/mol. The van der Waals surface area contributed by atoms with Crippen molar-refractivity contribution < 1.29 is 0 Å². The van der Waals surface area contributed by atoms with Gasteiger partial charge in [-0.25, -0.2) is 0 Å². The molecule has 0 fully saturated rings. The van der Waals surface area contributed by atoms with Crippen molar-refractivity contribution in [3.8, 4) is 22.3 Å². The fraction of sp³-hybridized carbons (Fsp3) is 0.0667. The second-order valence-electron chi connectivity index (χ2n) is 13.0. The minimum atomic E-state index is -0.0407. The zero-order valence-corrected chi connectivity index (χ0v) is 26.0. The summed E-state index contributed by atoms with van der Waals surface area (Å²) in [4.78, 5) is 2.47. The highest BCUT2D eigenvalue weighted by molar-refractivity contribution is 6.09. The molecule has 0 radical (unpaired) electrons. The largest absolute Gasteiger partial charge is 0.310 e. The minimum Gasteiger partial charge on any atom is -0.310 e. The first-order chi connectivity index (χ1) is 22.6. The lowest BCUT2D eigenvalue weighted by atomic mass is 9.82. The first-order valence-electron chi connectivity index (χ1n) is 16.1. The van der Waals surface area contributed by atoms with Gasteiger partial charge >= 0.3 is 0 Å². The summed E-state index contributed by atoms with van der Waals surface area (Å²) in [5.74, 6) is 0. The molecule has 1 heteroatoms. The Bertz CT molecular complexity index is 2460. The Hall–Kier alpha value is -5.66. The normalized spacial score (nSPS) is 13.2. The molecule has 1 nitrogen and oxygen atoms in total. The van der Waals surface area contributed by atoms with E-state index in [0.717, 1.165) is 11.4 Å². The number of anilines is 3. The fourth-order valence-corrected chi connectivity index (χ4v) is 7.70. The number of fused-ring (bicyclic) bond motifs is 6. The lowest BCUT2D eigenvalue weighted by Gasteiger charge is -2.29. The van der Waals surface area contributed by atoms with E-state index in [1.54, 1.807) is 0 Å². The second kappa shape index (κ2) is 10.2. The molecule has 0 aliphatic heterocycles. The summed E-state index contributed by atoms with van der Waals surface area (Å²) < 4.78 is 0. The van der Waals surface area contributed by atoms with Gasteiger partial charge in [0.25, 0.3) is 0 Å². The molecule has 0 saturated carbocycles. The van der Waals surface area contributed by atoms with E-state index < -0.39 is 0 Å². The van der Waals surface area contributed by atoms with Crippen molar-refractivity contribution in [3.05, 3.63) is 175 Å². The van der Waals surface area contributed by atoms with Gasteiger partial charge in [0.15, 0.2) is 0 Å². The molecule has 46 heavy (non-hydrogen) atoms. The molecule has 8 aromatic carbocycles. The van der Waals surface area contributed by atoms with Crippen molar-refractivity contribution in [1.82, 2.24) is 0 Å². The number of hydrogen-bond acceptors (Lipinski definition) is 1. The third-order valence-corrected chi connectivity index (χ3v) is 10.0. The SMILES string of the molecule is CC1(C)c2ccccc2-c2cc(N(c3ccc4ccccc4c3)c3cccc4cccc(-c5ccc6ccccc6c5)c34)ccc21. The second-order valence-corrected chi connectivity index (χ2v) is 13.0. The van der Waals surface area contributed by atoms with Crippen LogP contribution in [0.15, 0.2) is 164 Å². The van der Waals surface area contributed by atoms with Crippen molar-refractivity contribution in [1.29, 1.82) is 0 Å². The molecule has 1 aliphatic carbocycles. The molecule has 0 spiro atoms. The van der Waals surface area contributed by atoms with Gasteiger partial charge in [0.2, 0.25) is 0 Å². The quantitative estimate of drug-likeness (QED) is 0.198. The summed E-state index contributed by atoms with van der Waals surface area (Å²) in [6.45, 7) is 4.69. The molecule has 0 saturated heterocycles. The van der Waals surface area contributed by atoms with E-state index in [-0.39, 0.29) is 5.41 Å². The molecule has 8 aromatic rings. The molecule has 0 unspecified atom stereocenters. The van der Waals surface area contributed by atoms with Gasteiger partial charge in [-0.05, 0) is 96.7 Å². The molecule has 9 rings (SSSR count). The smallest absolute Gasteiger partial charge is 0.0546 e. The van der Waals surface area contributed by atoms with Crippen molar-refractivity contribution in [2.24, 2.45) is 0 Å². The van der Waals surface area contributed by atoms with Crippen LogP contribution in [0.1, 0.15) is 25.0 Å². The van der Waals surface area contributed by atoms with Crippen LogP contribution in [0.2, 0.25) is 0 Å². The molecule has 0 amide bonds. The summed E-state index contributed by atoms with van der Waals surface area (Å²) in [5, 5.41) is 7.45. The Morgan fingerprint density at radius 3 is 1.76 bits per heavy atom. The van der Waals surface area contributed by atoms with Crippen LogP contribution in [0.5, 0.6) is 0 Å². The van der Waals surface area contributed by atoms with Crippen LogP contribution in [-0.2, 0) is 5.41 Å². The predicted molar refractivity (Wildman–Crippen MR) is 197 cm³/mol. The Labute approximate surface area is 270 Å². The highest BCUT2D eigenvalue weighted by atomic mass is 15.1. The summed E-state index contributed by atoms with van der Waals surface area (Å²) in [5.41, 5.74) is 11.3. The summed E-state index contributed by atoms with van der Waals surface area (Å²) in [6.07, 6.45) is 0. The van der Waals surface area contributed by atoms with E-state index in [4.69, 9.17) is 0 Å². The predicted octanol–water partition coefficient (Wildman–Crippen LogP) is 12.6. The third kappa shape index (κ3) is 4.09. The molecule has 0 bridgehead atoms. The molecule has 0 N–H and O–H groups in total. The molecule has 0 heterocycles. The lowest BCUT2D eigenvalue weighted by Crippen LogP contribution is -2.15. The number of rotatable bonds is 4. The molecule has 0 aromatic heterocycles. The Morgan fingerprint density at radius 2 is 0.957 bits per heavy atom. The standard InChI is InChI=1S/C45H33N/c1-45(2)41-19-8-7-17-39(41)40-29-37(25-26-42(40)45)46(36-24-23-31-12-4-6-14-34(31)28-36)43-20-10-16-32-15-9-18-38(44(32)43)35-22-21-30-11-3-5-13-33(30)27-35/h3-29H,1-2H3. The van der Waals surface area contributed by atoms with Crippen LogP contribution in [-0.4, -0.2) is 0 Å². The van der Waals surface area contributed by atoms with E-state index in [0.29, 0.717) is 0 Å². The van der Waals surface area contributed by atoms with E-state index in [1.165, 1.54) is 71.4 Å². The zero-order valence-electron chi connectivity index (χ0n) is 26.0. The lowest BCUT2D eigenvalue weighted by molar-refractivity contribution is 0.660. The van der Waals surface area contributed by atoms with Gasteiger partial charge in [-0.2, -0.15) is 0 Å². The topological polar surface area (TPSA) is 3.24 Å². The molecular weight excluding hydrogens is 555 g/mol. The molecule has 0 atom stereocenters. The van der Waals surface area contributed by atoms with Gasteiger partial charge in [0, 0.05) is 22.2 Å². The fourth-order valence-electron chi connectivity index (χ4n) is 7.70. The van der Waals surface area contributed by atoms with Crippen LogP contribution in [0.3, 0.4) is 0 Å². The van der Waals surface area contributed by atoms with Gasteiger partial charge in [0.1, 0.15) is 0 Å². The Morgan fingerprint density at radius 1 is 0.391 bits per heavy atom. The first kappa shape index (κ1) is 26.7. The molecular formula is C45H33N. The van der Waals surface area contributed by atoms with Gasteiger partial charge in [0.05, 0.1) is 5.69 Å². The maximum atomic E-state index is 2.47. The summed E-state index contributed by atoms with van der Waals surface area (Å²) >= 11 is 0. The first-order valence-corrected chi connectivity index (χ1v) is 16.1. The van der Waals surface area contributed by atoms with Crippen molar-refractivity contribution in [3.63, 3.8) is 0 Å². The van der Waals surface area contributed by atoms with Crippen molar-refractivity contribution in [2.75, 3.05) is 4.90 Å². The summed E-state index contributed by atoms with van der Waals surface area (Å²) in [6, 6.07) is 60.3. The van der Waals surface area contributed by atoms with Gasteiger partial charge in [-0.15, -0.1) is 0 Å². The van der Waals surface area contributed by atoms with Gasteiger partial charge < -0.3 is 4.90 Å². The van der Waals surface area contributed by atoms with E-state index in [1.807, 2.05) is 0 Å². The number of hydrogen-bond donors (Lipinski definition) is 0. The zero-order chi connectivity index (χ0) is 30.8. The van der Waals surface area contributed by atoms with E-state index in [9.17, 15) is 0 Å². The van der Waals surface area contributed by atoms with E-state index in [2.05, 4.69) is 183 Å². The number of nitrogens with zero attached hydrogens (tertiary/aromatic N) is 1. The Balaban J connectivity index is 1.32. The average Bonchev–Trinajstić information content (AvgIpc) is 3.33. The van der Waals surface area contributed by atoms with E-state index >= 15 is 0 Å². The molecule has 1 aliphatic rings. The highest BCUT2D eigenvalue weighted by Crippen LogP contribution is 2.51. The highest BCUT2D eigenvalue weighted by Gasteiger charge is 2.35.